The smallest absolute Gasteiger partial charge is 0.352 e. The monoisotopic (exact) mass is 568 g/mol. The number of carboxylic acids is 1. The van der Waals surface area contributed by atoms with Crippen LogP contribution in [-0.4, -0.2) is 91.9 Å². The van der Waals surface area contributed by atoms with Gasteiger partial charge < -0.3 is 26.7 Å². The number of amidine groups is 1. The quantitative estimate of drug-likeness (QED) is 0.0903. The summed E-state index contributed by atoms with van der Waals surface area (Å²) in [6, 6.07) is -0.956. The number of hydrogen-bond acceptors (Lipinski definition) is 15. The van der Waals surface area contributed by atoms with Gasteiger partial charge in [-0.3, -0.25) is 24.8 Å². The van der Waals surface area contributed by atoms with E-state index >= 15 is 0 Å². The Labute approximate surface area is 223 Å². The molecule has 37 heavy (non-hydrogen) atoms. The van der Waals surface area contributed by atoms with Gasteiger partial charge in [0, 0.05) is 16.9 Å². The van der Waals surface area contributed by atoms with E-state index in [-0.39, 0.29) is 40.0 Å². The molecule has 9 N–H and O–H groups in total. The molecule has 1 saturated heterocycles. The number of nitrogens with two attached hydrogens (primary N) is 3. The van der Waals surface area contributed by atoms with Crippen molar-refractivity contribution in [3.63, 3.8) is 0 Å². The van der Waals surface area contributed by atoms with E-state index in [1.165, 1.54) is 45.9 Å². The average molecular weight is 569 g/mol. The van der Waals surface area contributed by atoms with Crippen LogP contribution in [0.3, 0.4) is 0 Å². The van der Waals surface area contributed by atoms with E-state index in [0.717, 1.165) is 11.3 Å². The second-order valence-corrected chi connectivity index (χ2v) is 10.7. The maximum absolute atomic E-state index is 13.0. The zero-order chi connectivity index (χ0) is 26.9. The average Bonchev–Trinajstić information content (AvgIpc) is 3.30. The first kappa shape index (κ1) is 26.7. The van der Waals surface area contributed by atoms with E-state index in [4.69, 9.17) is 22.1 Å². The first-order chi connectivity index (χ1) is 17.7. The molecule has 3 aliphatic rings. The molecule has 4 rings (SSSR count). The lowest BCUT2D eigenvalue weighted by molar-refractivity contribution is -0.150. The second-order valence-electron chi connectivity index (χ2n) is 7.73. The van der Waals surface area contributed by atoms with E-state index in [2.05, 4.69) is 25.8 Å². The summed E-state index contributed by atoms with van der Waals surface area (Å²) in [6.45, 7) is 0. The molecule has 4 heterocycles. The summed E-state index contributed by atoms with van der Waals surface area (Å²) in [6.07, 6.45) is 1.28. The van der Waals surface area contributed by atoms with E-state index < -0.39 is 29.2 Å². The van der Waals surface area contributed by atoms with Crippen molar-refractivity contribution in [3.8, 4) is 0 Å². The number of aliphatic carboxylic acids is 1. The van der Waals surface area contributed by atoms with Crippen LogP contribution in [0.1, 0.15) is 5.69 Å². The van der Waals surface area contributed by atoms with Crippen molar-refractivity contribution in [2.45, 2.75) is 17.6 Å². The number of amides is 2. The third kappa shape index (κ3) is 5.23. The van der Waals surface area contributed by atoms with Gasteiger partial charge in [-0.2, -0.15) is 0 Å². The van der Waals surface area contributed by atoms with Crippen molar-refractivity contribution < 1.29 is 24.3 Å². The fourth-order valence-corrected chi connectivity index (χ4v) is 6.74. The van der Waals surface area contributed by atoms with E-state index in [1.807, 2.05) is 0 Å². The molecule has 0 aliphatic carbocycles. The third-order valence-corrected chi connectivity index (χ3v) is 8.51. The highest BCUT2D eigenvalue weighted by atomic mass is 32.2. The van der Waals surface area contributed by atoms with Crippen molar-refractivity contribution in [2.75, 3.05) is 31.4 Å². The number of nitrogen functional groups attached to an aromatic ring is 1. The highest BCUT2D eigenvalue weighted by Crippen LogP contribution is 2.41. The van der Waals surface area contributed by atoms with Crippen LogP contribution in [0.15, 0.2) is 38.7 Å². The molecule has 0 radical (unpaired) electrons. The molecule has 15 nitrogen and oxygen atoms in total. The molecule has 0 spiro atoms. The lowest BCUT2D eigenvalue weighted by atomic mass is 10.0. The number of oxime groups is 1. The zero-order valence-corrected chi connectivity index (χ0v) is 22.0. The summed E-state index contributed by atoms with van der Waals surface area (Å²) < 4.78 is 0. The molecular formula is C19H24N10O5S3. The third-order valence-electron chi connectivity index (χ3n) is 5.44. The van der Waals surface area contributed by atoms with Gasteiger partial charge in [0.25, 0.3) is 11.8 Å². The number of carbonyl (C=O) groups excluding carboxylic acids is 2. The number of thioether (sulfide) groups is 2. The fourth-order valence-electron chi connectivity index (χ4n) is 3.74. The highest BCUT2D eigenvalue weighted by molar-refractivity contribution is 8.14. The molecule has 2 amide bonds. The van der Waals surface area contributed by atoms with Crippen molar-refractivity contribution in [1.29, 1.82) is 0 Å². The Morgan fingerprint density at radius 2 is 2.16 bits per heavy atom. The maximum Gasteiger partial charge on any atom is 0.352 e. The summed E-state index contributed by atoms with van der Waals surface area (Å²) in [5.41, 5.74) is 11.9. The Hall–Kier alpha value is -3.32. The van der Waals surface area contributed by atoms with Gasteiger partial charge in [0.15, 0.2) is 16.0 Å². The topological polar surface area (TPSA) is 227 Å². The van der Waals surface area contributed by atoms with Crippen molar-refractivity contribution >= 4 is 68.7 Å². The van der Waals surface area contributed by atoms with Gasteiger partial charge in [-0.15, -0.1) is 23.1 Å². The van der Waals surface area contributed by atoms with Crippen molar-refractivity contribution in [1.82, 2.24) is 25.5 Å². The minimum absolute atomic E-state index is 0.126. The number of fused-ring (bicyclic) bond motifs is 1. The first-order valence-corrected chi connectivity index (χ1v) is 13.5. The number of rotatable bonds is 8. The second kappa shape index (κ2) is 11.0. The predicted octanol–water partition coefficient (Wildman–Crippen LogP) is -1.56. The molecule has 0 saturated carbocycles. The van der Waals surface area contributed by atoms with Gasteiger partial charge in [-0.05, 0) is 18.7 Å². The predicted molar refractivity (Wildman–Crippen MR) is 141 cm³/mol. The molecule has 2 unspecified atom stereocenters. The molecule has 0 bridgehead atoms. The molecule has 3 aliphatic heterocycles. The van der Waals surface area contributed by atoms with Crippen molar-refractivity contribution in [3.05, 3.63) is 34.2 Å². The van der Waals surface area contributed by atoms with Gasteiger partial charge >= 0.3 is 5.97 Å². The van der Waals surface area contributed by atoms with Crippen LogP contribution in [0, 0.1) is 0 Å². The number of hydrazine groups is 1. The summed E-state index contributed by atoms with van der Waals surface area (Å²) in [4.78, 5) is 52.2. The molecule has 1 aromatic rings. The fraction of sp³-hybridized carbons (Fsp3) is 0.368. The molecule has 1 aromatic heterocycles. The van der Waals surface area contributed by atoms with Crippen LogP contribution < -0.4 is 27.9 Å². The first-order valence-electron chi connectivity index (χ1n) is 10.6. The lowest BCUT2D eigenvalue weighted by Gasteiger charge is -2.49. The molecule has 18 heteroatoms. The summed E-state index contributed by atoms with van der Waals surface area (Å²) in [5.74, 6) is 4.40. The number of likely N-dealkylation sites (N-methyl/N-ethyl adjacent to an activating group) is 1. The van der Waals surface area contributed by atoms with E-state index in [0.29, 0.717) is 16.5 Å². The molecule has 3 atom stereocenters. The highest BCUT2D eigenvalue weighted by Gasteiger charge is 2.54. The molecule has 1 fully saturated rings. The largest absolute Gasteiger partial charge is 0.477 e. The SMILES string of the molecule is CNC1C=C(N)N=C(SCC2=C(C(=O)O)N3C(=O)C(NC(=O)/C(=N\OC)c4csc(N)n4)[C@@H]3SC2)N1N. The van der Waals surface area contributed by atoms with Gasteiger partial charge in [0.2, 0.25) is 0 Å². The number of anilines is 1. The maximum atomic E-state index is 13.0. The van der Waals surface area contributed by atoms with Gasteiger partial charge in [-0.1, -0.05) is 16.9 Å². The number of aliphatic imine (C=N–C) groups is 1. The molecular weight excluding hydrogens is 544 g/mol. The Morgan fingerprint density at radius 1 is 1.41 bits per heavy atom. The van der Waals surface area contributed by atoms with Crippen LogP contribution in [0.25, 0.3) is 0 Å². The summed E-state index contributed by atoms with van der Waals surface area (Å²) >= 11 is 3.66. The van der Waals surface area contributed by atoms with Gasteiger partial charge in [-0.25, -0.2) is 20.6 Å². The Kier molecular flexibility index (Phi) is 7.93. The number of nitrogens with zero attached hydrogens (tertiary/aromatic N) is 5. The number of nitrogens with one attached hydrogen (secondary N) is 2. The number of thiazole rings is 1. The Balaban J connectivity index is 1.48. The number of carbonyl (C=O) groups is 3. The minimum Gasteiger partial charge on any atom is -0.477 e. The van der Waals surface area contributed by atoms with Crippen molar-refractivity contribution in [2.24, 2.45) is 21.7 Å². The van der Waals surface area contributed by atoms with Crippen LogP contribution in [0.4, 0.5) is 5.13 Å². The van der Waals surface area contributed by atoms with Crippen LogP contribution in [-0.2, 0) is 19.2 Å². The Morgan fingerprint density at radius 3 is 2.78 bits per heavy atom. The number of aromatic nitrogens is 1. The van der Waals surface area contributed by atoms with Crippen LogP contribution >= 0.6 is 34.9 Å². The standard InChI is InChI=1S/C19H24N10O5S3/c1-23-10-3-9(20)25-19(29(10)22)37-5-7-4-35-16-12(15(31)28(16)13(7)17(32)33)26-14(30)11(27-34-2)8-6-36-18(21)24-8/h3,6,10,12,16,23H,4-5,20,22H2,1-2H3,(H2,21,24)(H,26,30)(H,32,33)/b27-11-/t10?,12?,16-/m0/s1. The number of carboxylic acid groups (broad SMARTS) is 1. The van der Waals surface area contributed by atoms with Crippen LogP contribution in [0.5, 0.6) is 0 Å². The van der Waals surface area contributed by atoms with Crippen LogP contribution in [0.2, 0.25) is 0 Å². The minimum atomic E-state index is -1.25. The summed E-state index contributed by atoms with van der Waals surface area (Å²) in [7, 11) is 2.98. The van der Waals surface area contributed by atoms with Gasteiger partial charge in [0.05, 0.1) is 0 Å². The zero-order valence-electron chi connectivity index (χ0n) is 19.6. The Bertz CT molecular complexity index is 1240. The normalized spacial score (nSPS) is 23.7. The number of β-lactam (4-membered cyclic amide) rings is 1. The van der Waals surface area contributed by atoms with E-state index in [1.54, 1.807) is 13.1 Å². The molecule has 198 valence electrons. The summed E-state index contributed by atoms with van der Waals surface area (Å²) in [5, 5.41) is 22.2. The van der Waals surface area contributed by atoms with E-state index in [9.17, 15) is 19.5 Å². The van der Waals surface area contributed by atoms with Gasteiger partial charge in [0.1, 0.15) is 41.9 Å². The number of hydrogen-bond donors (Lipinski definition) is 6. The molecule has 0 aromatic carbocycles. The lowest BCUT2D eigenvalue weighted by Crippen LogP contribution is -2.71.